The lowest BCUT2D eigenvalue weighted by Crippen LogP contribution is -2.76. The quantitative estimate of drug-likeness (QED) is 0.514. The van der Waals surface area contributed by atoms with Gasteiger partial charge in [-0.25, -0.2) is 0 Å². The van der Waals surface area contributed by atoms with E-state index < -0.39 is 11.2 Å². The fraction of sp³-hybridized carbons (Fsp3) is 1.00. The highest BCUT2D eigenvalue weighted by atomic mass is 16.5. The molecule has 2 aliphatic heterocycles. The van der Waals surface area contributed by atoms with E-state index in [9.17, 15) is 10.2 Å². The monoisotopic (exact) mass is 456 g/mol. The summed E-state index contributed by atoms with van der Waals surface area (Å²) in [4.78, 5) is 4.92. The second-order valence-corrected chi connectivity index (χ2v) is 12.7. The molecule has 0 aromatic rings. The van der Waals surface area contributed by atoms with Crippen molar-refractivity contribution in [1.82, 2.24) is 9.80 Å². The van der Waals surface area contributed by atoms with Crippen molar-refractivity contribution < 1.29 is 19.7 Å². The first-order valence-electron chi connectivity index (χ1n) is 12.6. The van der Waals surface area contributed by atoms with Gasteiger partial charge in [-0.05, 0) is 94.9 Å². The summed E-state index contributed by atoms with van der Waals surface area (Å²) in [6.07, 6.45) is 2.16. The number of nitrogens with zero attached hydrogens (tertiary/aromatic N) is 2. The summed E-state index contributed by atoms with van der Waals surface area (Å²) in [5, 5.41) is 24.5. The molecule has 6 nitrogen and oxygen atoms in total. The second-order valence-electron chi connectivity index (χ2n) is 12.7. The van der Waals surface area contributed by atoms with Crippen molar-refractivity contribution in [3.05, 3.63) is 0 Å². The zero-order valence-electron chi connectivity index (χ0n) is 22.7. The highest BCUT2D eigenvalue weighted by Crippen LogP contribution is 2.55. The van der Waals surface area contributed by atoms with Crippen molar-refractivity contribution in [3.8, 4) is 0 Å². The summed E-state index contributed by atoms with van der Waals surface area (Å²) in [6, 6.07) is 0. The van der Waals surface area contributed by atoms with Crippen LogP contribution in [-0.2, 0) is 9.47 Å². The van der Waals surface area contributed by atoms with Crippen molar-refractivity contribution >= 4 is 0 Å². The van der Waals surface area contributed by atoms with Gasteiger partial charge >= 0.3 is 0 Å². The molecule has 2 rings (SSSR count). The Labute approximate surface area is 197 Å². The molecule has 0 aromatic carbocycles. The first kappa shape index (κ1) is 28.0. The lowest BCUT2D eigenvalue weighted by Gasteiger charge is -2.66. The summed E-state index contributed by atoms with van der Waals surface area (Å²) < 4.78 is 11.3. The van der Waals surface area contributed by atoms with Crippen LogP contribution >= 0.6 is 0 Å². The fourth-order valence-corrected chi connectivity index (χ4v) is 7.48. The van der Waals surface area contributed by atoms with E-state index in [0.29, 0.717) is 52.1 Å². The van der Waals surface area contributed by atoms with E-state index in [1.54, 1.807) is 0 Å². The van der Waals surface area contributed by atoms with Crippen LogP contribution in [0.3, 0.4) is 0 Å². The van der Waals surface area contributed by atoms with Gasteiger partial charge in [0.15, 0.2) is 0 Å². The molecule has 0 amide bonds. The number of hydrogen-bond acceptors (Lipinski definition) is 6. The van der Waals surface area contributed by atoms with Crippen LogP contribution in [0.5, 0.6) is 0 Å². The predicted molar refractivity (Wildman–Crippen MR) is 131 cm³/mol. The molecule has 0 spiro atoms. The van der Waals surface area contributed by atoms with Crippen LogP contribution in [0.2, 0.25) is 0 Å². The fourth-order valence-electron chi connectivity index (χ4n) is 7.48. The average molecular weight is 457 g/mol. The van der Waals surface area contributed by atoms with Crippen molar-refractivity contribution in [3.63, 3.8) is 0 Å². The normalized spacial score (nSPS) is 28.5. The second kappa shape index (κ2) is 9.43. The molecule has 0 saturated carbocycles. The van der Waals surface area contributed by atoms with Gasteiger partial charge < -0.3 is 19.7 Å². The minimum Gasteiger partial charge on any atom is -0.387 e. The molecule has 6 heteroatoms. The number of ether oxygens (including phenoxy) is 2. The number of likely N-dealkylation sites (tertiary alicyclic amines) is 2. The topological polar surface area (TPSA) is 65.4 Å². The molecule has 2 heterocycles. The van der Waals surface area contributed by atoms with Gasteiger partial charge in [0.25, 0.3) is 0 Å². The highest BCUT2D eigenvalue weighted by molar-refractivity contribution is 5.19. The van der Waals surface area contributed by atoms with E-state index in [-0.39, 0.29) is 22.2 Å². The summed E-state index contributed by atoms with van der Waals surface area (Å²) >= 11 is 0. The Bertz CT molecular complexity index is 539. The Kier molecular flexibility index (Phi) is 8.25. The number of aliphatic hydroxyl groups is 2. The van der Waals surface area contributed by atoms with Crippen LogP contribution in [0.4, 0.5) is 0 Å². The van der Waals surface area contributed by atoms with Gasteiger partial charge in [0.05, 0.1) is 24.4 Å². The molecule has 0 radical (unpaired) electrons. The van der Waals surface area contributed by atoms with Gasteiger partial charge in [-0.3, -0.25) is 9.80 Å². The molecular weight excluding hydrogens is 404 g/mol. The average Bonchev–Trinajstić information content (AvgIpc) is 2.57. The lowest BCUT2D eigenvalue weighted by molar-refractivity contribution is -0.263. The molecule has 2 aliphatic rings. The Morgan fingerprint density at radius 2 is 0.812 bits per heavy atom. The Morgan fingerprint density at radius 1 is 0.562 bits per heavy atom. The minimum atomic E-state index is -1.16. The molecule has 0 aromatic heterocycles. The van der Waals surface area contributed by atoms with Crippen LogP contribution in [0.15, 0.2) is 0 Å². The Balaban J connectivity index is 2.33. The van der Waals surface area contributed by atoms with E-state index in [4.69, 9.17) is 9.47 Å². The molecule has 190 valence electrons. The van der Waals surface area contributed by atoms with Crippen LogP contribution in [0.1, 0.15) is 94.9 Å². The first-order valence-corrected chi connectivity index (χ1v) is 12.6. The molecule has 2 N–H and O–H groups in total. The molecule has 2 saturated heterocycles. The maximum atomic E-state index is 12.2. The van der Waals surface area contributed by atoms with Crippen molar-refractivity contribution in [1.29, 1.82) is 0 Å². The largest absolute Gasteiger partial charge is 0.387 e. The zero-order chi connectivity index (χ0) is 24.6. The molecule has 0 atom stereocenters. The van der Waals surface area contributed by atoms with Crippen molar-refractivity contribution in [2.45, 2.75) is 128 Å². The third-order valence-corrected chi connectivity index (χ3v) is 8.02. The number of piperidine rings is 2. The third-order valence-electron chi connectivity index (χ3n) is 8.02. The summed E-state index contributed by atoms with van der Waals surface area (Å²) in [5.41, 5.74) is -3.37. The Hall–Kier alpha value is -0.240. The Morgan fingerprint density at radius 3 is 1.03 bits per heavy atom. The van der Waals surface area contributed by atoms with Gasteiger partial charge in [-0.1, -0.05) is 0 Å². The highest BCUT2D eigenvalue weighted by Gasteiger charge is 2.64. The van der Waals surface area contributed by atoms with Crippen LogP contribution < -0.4 is 0 Å². The van der Waals surface area contributed by atoms with Crippen molar-refractivity contribution in [2.75, 3.05) is 39.5 Å². The minimum absolute atomic E-state index is 0.260. The third kappa shape index (κ3) is 5.52. The van der Waals surface area contributed by atoms with Gasteiger partial charge in [0.1, 0.15) is 0 Å². The maximum absolute atomic E-state index is 12.2. The summed E-state index contributed by atoms with van der Waals surface area (Å²) in [7, 11) is 0. The molecule has 2 fully saturated rings. The van der Waals surface area contributed by atoms with E-state index in [2.05, 4.69) is 65.2 Å². The van der Waals surface area contributed by atoms with Gasteiger partial charge in [0.2, 0.25) is 0 Å². The molecular formula is C26H52N2O4. The van der Waals surface area contributed by atoms with E-state index in [0.717, 1.165) is 13.1 Å². The van der Waals surface area contributed by atoms with Crippen LogP contribution in [0.25, 0.3) is 0 Å². The van der Waals surface area contributed by atoms with Gasteiger partial charge in [-0.15, -0.1) is 0 Å². The van der Waals surface area contributed by atoms with E-state index in [1.807, 2.05) is 13.8 Å². The predicted octanol–water partition coefficient (Wildman–Crippen LogP) is 3.83. The van der Waals surface area contributed by atoms with E-state index in [1.165, 1.54) is 0 Å². The standard InChI is InChI=1S/C26H52N2O4/c1-11-31-15-13-27-21(3,4)17-25(29,18-22(27,5)6)26(30)19-23(7,8)28(14-16-32-12-2)24(9,10)20-26/h29-30H,11-20H2,1-10H3. The summed E-state index contributed by atoms with van der Waals surface area (Å²) in [6.45, 7) is 26.0. The van der Waals surface area contributed by atoms with Gasteiger partial charge in [-0.2, -0.15) is 0 Å². The summed E-state index contributed by atoms with van der Waals surface area (Å²) in [5.74, 6) is 0. The maximum Gasteiger partial charge on any atom is 0.0969 e. The van der Waals surface area contributed by atoms with Gasteiger partial charge in [0, 0.05) is 48.5 Å². The molecule has 0 unspecified atom stereocenters. The molecule has 32 heavy (non-hydrogen) atoms. The van der Waals surface area contributed by atoms with E-state index >= 15 is 0 Å². The number of rotatable bonds is 9. The zero-order valence-corrected chi connectivity index (χ0v) is 22.7. The SMILES string of the molecule is CCOCCN1C(C)(C)CC(O)(C2(O)CC(C)(C)N(CCOCC)C(C)(C)C2)CC1(C)C. The van der Waals surface area contributed by atoms with Crippen LogP contribution in [-0.4, -0.2) is 92.9 Å². The first-order chi connectivity index (χ1) is 14.5. The van der Waals surface area contributed by atoms with Crippen molar-refractivity contribution in [2.24, 2.45) is 0 Å². The molecule has 0 aliphatic carbocycles. The number of hydrogen-bond donors (Lipinski definition) is 2. The molecule has 0 bridgehead atoms. The smallest absolute Gasteiger partial charge is 0.0969 e. The van der Waals surface area contributed by atoms with Crippen LogP contribution in [0, 0.1) is 0 Å². The lowest BCUT2D eigenvalue weighted by atomic mass is 9.57.